The molecule has 2 aromatic carbocycles. The number of thioether (sulfide) groups is 1. The zero-order chi connectivity index (χ0) is 21.6. The van der Waals surface area contributed by atoms with Gasteiger partial charge in [-0.3, -0.25) is 14.2 Å². The van der Waals surface area contributed by atoms with E-state index in [0.29, 0.717) is 22.1 Å². The molecule has 0 unspecified atom stereocenters. The molecule has 0 saturated heterocycles. The molecule has 2 amide bonds. The Kier molecular flexibility index (Phi) is 6.61. The summed E-state index contributed by atoms with van der Waals surface area (Å²) in [6.45, 7) is 0. The van der Waals surface area contributed by atoms with E-state index in [1.54, 1.807) is 42.5 Å². The average Bonchev–Trinajstić information content (AvgIpc) is 3.45. The molecule has 0 radical (unpaired) electrons. The molecule has 0 atom stereocenters. The van der Waals surface area contributed by atoms with Crippen molar-refractivity contribution in [3.8, 4) is 5.69 Å². The summed E-state index contributed by atoms with van der Waals surface area (Å²) in [6.07, 6.45) is 5.62. The fourth-order valence-corrected chi connectivity index (χ4v) is 4.30. The molecule has 160 valence electrons. The Labute approximate surface area is 183 Å². The van der Waals surface area contributed by atoms with Crippen molar-refractivity contribution in [2.24, 2.45) is 0 Å². The van der Waals surface area contributed by atoms with Crippen molar-refractivity contribution in [3.63, 3.8) is 0 Å². The molecule has 1 aromatic heterocycles. The minimum Gasteiger partial charge on any atom is -0.349 e. The maximum atomic E-state index is 14.1. The Morgan fingerprint density at radius 3 is 2.65 bits per heavy atom. The summed E-state index contributed by atoms with van der Waals surface area (Å²) in [5.41, 5.74) is 1.20. The van der Waals surface area contributed by atoms with Crippen LogP contribution in [0.25, 0.3) is 5.69 Å². The summed E-state index contributed by atoms with van der Waals surface area (Å²) >= 11 is 1.14. The van der Waals surface area contributed by atoms with Gasteiger partial charge in [0.15, 0.2) is 5.16 Å². The second-order valence-electron chi connectivity index (χ2n) is 7.27. The van der Waals surface area contributed by atoms with E-state index in [2.05, 4.69) is 20.8 Å². The van der Waals surface area contributed by atoms with Crippen molar-refractivity contribution in [1.82, 2.24) is 20.1 Å². The highest BCUT2D eigenvalue weighted by Gasteiger charge is 2.20. The van der Waals surface area contributed by atoms with Gasteiger partial charge in [0.05, 0.1) is 22.7 Å². The molecule has 3 aromatic rings. The van der Waals surface area contributed by atoms with Gasteiger partial charge in [-0.25, -0.2) is 4.39 Å². The lowest BCUT2D eigenvalue weighted by Crippen LogP contribution is -2.33. The molecule has 7 nitrogen and oxygen atoms in total. The van der Waals surface area contributed by atoms with E-state index in [0.717, 1.165) is 37.4 Å². The number of nitrogens with zero attached hydrogens (tertiary/aromatic N) is 3. The number of anilines is 1. The van der Waals surface area contributed by atoms with Gasteiger partial charge < -0.3 is 10.6 Å². The van der Waals surface area contributed by atoms with E-state index in [1.165, 1.54) is 17.0 Å². The normalized spacial score (nSPS) is 13.8. The second-order valence-corrected chi connectivity index (χ2v) is 8.21. The molecule has 1 fully saturated rings. The predicted molar refractivity (Wildman–Crippen MR) is 117 cm³/mol. The number of rotatable bonds is 7. The minimum absolute atomic E-state index is 0.0335. The Bertz CT molecular complexity index is 1080. The smallest absolute Gasteiger partial charge is 0.253 e. The van der Waals surface area contributed by atoms with Crippen molar-refractivity contribution >= 4 is 29.3 Å². The molecular formula is C22H22FN5O2S. The molecule has 1 saturated carbocycles. The highest BCUT2D eigenvalue weighted by molar-refractivity contribution is 7.99. The first-order valence-electron chi connectivity index (χ1n) is 10.1. The third-order valence-corrected chi connectivity index (χ3v) is 6.04. The van der Waals surface area contributed by atoms with E-state index in [-0.39, 0.29) is 23.6 Å². The van der Waals surface area contributed by atoms with Gasteiger partial charge >= 0.3 is 0 Å². The summed E-state index contributed by atoms with van der Waals surface area (Å²) in [5.74, 6) is -0.856. The summed E-state index contributed by atoms with van der Waals surface area (Å²) in [4.78, 5) is 25.2. The van der Waals surface area contributed by atoms with E-state index >= 15 is 0 Å². The molecular weight excluding hydrogens is 417 g/mol. The van der Waals surface area contributed by atoms with Crippen LogP contribution in [0.5, 0.6) is 0 Å². The van der Waals surface area contributed by atoms with Crippen LogP contribution in [0.2, 0.25) is 0 Å². The Morgan fingerprint density at radius 2 is 1.84 bits per heavy atom. The molecule has 2 N–H and O–H groups in total. The van der Waals surface area contributed by atoms with E-state index < -0.39 is 5.82 Å². The fourth-order valence-electron chi connectivity index (χ4n) is 3.57. The maximum Gasteiger partial charge on any atom is 0.253 e. The van der Waals surface area contributed by atoms with Gasteiger partial charge in [-0.1, -0.05) is 48.9 Å². The van der Waals surface area contributed by atoms with Crippen LogP contribution >= 0.6 is 11.8 Å². The topological polar surface area (TPSA) is 88.9 Å². The Balaban J connectivity index is 1.40. The number of benzene rings is 2. The quantitative estimate of drug-likeness (QED) is 0.547. The van der Waals surface area contributed by atoms with E-state index in [4.69, 9.17) is 0 Å². The number of amides is 2. The standard InChI is InChI=1S/C22H22FN5O2S/c23-17-10-4-6-12-19(17)28-14-24-27-22(28)31-13-20(29)26-18-11-5-3-9-16(18)21(30)25-15-7-1-2-8-15/h3-6,9-12,14-15H,1-2,7-8,13H2,(H,25,30)(H,26,29). The molecule has 31 heavy (non-hydrogen) atoms. The molecule has 0 bridgehead atoms. The van der Waals surface area contributed by atoms with Crippen molar-refractivity contribution < 1.29 is 14.0 Å². The van der Waals surface area contributed by atoms with E-state index in [1.807, 2.05) is 0 Å². The number of carbonyl (C=O) groups is 2. The average molecular weight is 440 g/mol. The number of hydrogen-bond donors (Lipinski definition) is 2. The van der Waals surface area contributed by atoms with Gasteiger partial charge in [-0.15, -0.1) is 10.2 Å². The first-order chi connectivity index (χ1) is 15.1. The van der Waals surface area contributed by atoms with Crippen molar-refractivity contribution in [2.45, 2.75) is 36.9 Å². The van der Waals surface area contributed by atoms with Crippen molar-refractivity contribution in [1.29, 1.82) is 0 Å². The predicted octanol–water partition coefficient (Wildman–Crippen LogP) is 3.81. The number of nitrogens with one attached hydrogen (secondary N) is 2. The van der Waals surface area contributed by atoms with Crippen LogP contribution in [0.1, 0.15) is 36.0 Å². The molecule has 9 heteroatoms. The first kappa shape index (κ1) is 21.0. The van der Waals surface area contributed by atoms with Crippen LogP contribution in [0.15, 0.2) is 60.0 Å². The van der Waals surface area contributed by atoms with Gasteiger partial charge in [0.25, 0.3) is 5.91 Å². The highest BCUT2D eigenvalue weighted by atomic mass is 32.2. The second kappa shape index (κ2) is 9.74. The van der Waals surface area contributed by atoms with Crippen LogP contribution in [-0.2, 0) is 4.79 Å². The number of carbonyl (C=O) groups excluding carboxylic acids is 2. The lowest BCUT2D eigenvalue weighted by atomic mass is 10.1. The molecule has 0 aliphatic heterocycles. The van der Waals surface area contributed by atoms with Crippen LogP contribution < -0.4 is 10.6 Å². The number of halogens is 1. The summed E-state index contributed by atoms with van der Waals surface area (Å²) < 4.78 is 15.6. The third-order valence-electron chi connectivity index (χ3n) is 5.10. The van der Waals surface area contributed by atoms with Crippen LogP contribution in [0.4, 0.5) is 10.1 Å². The number of hydrogen-bond acceptors (Lipinski definition) is 5. The van der Waals surface area contributed by atoms with Gasteiger partial charge in [0, 0.05) is 6.04 Å². The van der Waals surface area contributed by atoms with Crippen LogP contribution in [0.3, 0.4) is 0 Å². The molecule has 0 spiro atoms. The van der Waals surface area contributed by atoms with Gasteiger partial charge in [-0.05, 0) is 37.1 Å². The first-order valence-corrected chi connectivity index (χ1v) is 11.1. The minimum atomic E-state index is -0.407. The summed E-state index contributed by atoms with van der Waals surface area (Å²) in [5, 5.41) is 14.0. The van der Waals surface area contributed by atoms with Crippen LogP contribution in [-0.4, -0.2) is 38.4 Å². The lowest BCUT2D eigenvalue weighted by Gasteiger charge is -2.15. The number of para-hydroxylation sites is 2. The molecule has 4 rings (SSSR count). The maximum absolute atomic E-state index is 14.1. The van der Waals surface area contributed by atoms with Crippen LogP contribution in [0, 0.1) is 5.82 Å². The summed E-state index contributed by atoms with van der Waals surface area (Å²) in [6, 6.07) is 13.4. The molecule has 1 aliphatic rings. The Hall–Kier alpha value is -3.20. The summed E-state index contributed by atoms with van der Waals surface area (Å²) in [7, 11) is 0. The van der Waals surface area contributed by atoms with E-state index in [9.17, 15) is 14.0 Å². The van der Waals surface area contributed by atoms with Crippen molar-refractivity contribution in [3.05, 3.63) is 66.2 Å². The third kappa shape index (κ3) is 5.11. The zero-order valence-corrected chi connectivity index (χ0v) is 17.6. The molecule has 1 aliphatic carbocycles. The Morgan fingerprint density at radius 1 is 1.10 bits per heavy atom. The van der Waals surface area contributed by atoms with Gasteiger partial charge in [0.1, 0.15) is 12.1 Å². The monoisotopic (exact) mass is 439 g/mol. The largest absolute Gasteiger partial charge is 0.349 e. The van der Waals surface area contributed by atoms with Gasteiger partial charge in [-0.2, -0.15) is 0 Å². The lowest BCUT2D eigenvalue weighted by molar-refractivity contribution is -0.113. The SMILES string of the molecule is O=C(CSc1nncn1-c1ccccc1F)Nc1ccccc1C(=O)NC1CCCC1. The van der Waals surface area contributed by atoms with Gasteiger partial charge in [0.2, 0.25) is 5.91 Å². The fraction of sp³-hybridized carbons (Fsp3) is 0.273. The number of aromatic nitrogens is 3. The molecule has 1 heterocycles. The highest BCUT2D eigenvalue weighted by Crippen LogP contribution is 2.23. The van der Waals surface area contributed by atoms with Crippen molar-refractivity contribution in [2.75, 3.05) is 11.1 Å². The zero-order valence-electron chi connectivity index (χ0n) is 16.8.